The highest BCUT2D eigenvalue weighted by molar-refractivity contribution is 8.01. The van der Waals surface area contributed by atoms with Gasteiger partial charge in [-0.15, -0.1) is 10.2 Å². The Balaban J connectivity index is 1.85. The van der Waals surface area contributed by atoms with Gasteiger partial charge in [0.2, 0.25) is 11.0 Å². The maximum Gasteiger partial charge on any atom is 0.234 e. The first-order chi connectivity index (χ1) is 10.9. The van der Waals surface area contributed by atoms with E-state index >= 15 is 0 Å². The first-order valence-electron chi connectivity index (χ1n) is 6.36. The lowest BCUT2D eigenvalue weighted by Crippen LogP contribution is -2.13. The lowest BCUT2D eigenvalue weighted by atomic mass is 10.3. The Morgan fingerprint density at radius 2 is 2.17 bits per heavy atom. The predicted molar refractivity (Wildman–Crippen MR) is 97.6 cm³/mol. The van der Waals surface area contributed by atoms with Gasteiger partial charge in [-0.25, -0.2) is 4.99 Å². The number of hydrogen-bond acceptors (Lipinski definition) is 6. The van der Waals surface area contributed by atoms with E-state index in [0.717, 1.165) is 0 Å². The van der Waals surface area contributed by atoms with Crippen LogP contribution >= 0.6 is 46.3 Å². The van der Waals surface area contributed by atoms with Gasteiger partial charge in [0, 0.05) is 19.8 Å². The molecule has 1 heterocycles. The number of halogens is 2. The Hall–Kier alpha value is -1.35. The average molecular weight is 390 g/mol. The minimum Gasteiger partial charge on any atom is -0.369 e. The van der Waals surface area contributed by atoms with Crippen molar-refractivity contribution in [1.29, 1.82) is 0 Å². The van der Waals surface area contributed by atoms with E-state index in [1.807, 2.05) is 14.1 Å². The first-order valence-corrected chi connectivity index (χ1v) is 8.91. The molecule has 0 aliphatic carbocycles. The number of nitrogens with one attached hydrogen (secondary N) is 1. The molecule has 0 saturated carbocycles. The van der Waals surface area contributed by atoms with E-state index in [2.05, 4.69) is 20.5 Å². The lowest BCUT2D eigenvalue weighted by Gasteiger charge is -2.05. The number of carbonyl (C=O) groups is 1. The van der Waals surface area contributed by atoms with Crippen LogP contribution in [0.15, 0.2) is 27.5 Å². The smallest absolute Gasteiger partial charge is 0.234 e. The molecular formula is C13H13Cl2N5OS2. The van der Waals surface area contributed by atoms with Crippen LogP contribution in [0, 0.1) is 0 Å². The third-order valence-corrected chi connectivity index (χ3v) is 5.03. The number of carbonyl (C=O) groups excluding carboxylic acids is 1. The van der Waals surface area contributed by atoms with Crippen LogP contribution in [0.3, 0.4) is 0 Å². The van der Waals surface area contributed by atoms with E-state index in [1.54, 1.807) is 29.4 Å². The van der Waals surface area contributed by atoms with Crippen molar-refractivity contribution in [2.45, 2.75) is 4.34 Å². The Labute approximate surface area is 151 Å². The molecule has 6 nitrogen and oxygen atoms in total. The number of hydrogen-bond donors (Lipinski definition) is 1. The Morgan fingerprint density at radius 1 is 1.39 bits per heavy atom. The molecule has 2 rings (SSSR count). The highest BCUT2D eigenvalue weighted by atomic mass is 35.5. The number of thioether (sulfide) groups is 1. The average Bonchev–Trinajstić information content (AvgIpc) is 2.95. The monoisotopic (exact) mass is 389 g/mol. The Morgan fingerprint density at radius 3 is 2.87 bits per heavy atom. The minimum atomic E-state index is -0.165. The van der Waals surface area contributed by atoms with Crippen LogP contribution < -0.4 is 5.32 Å². The van der Waals surface area contributed by atoms with E-state index in [4.69, 9.17) is 23.2 Å². The minimum absolute atomic E-state index is 0.165. The summed E-state index contributed by atoms with van der Waals surface area (Å²) < 4.78 is 0.681. The first kappa shape index (κ1) is 18.0. The highest BCUT2D eigenvalue weighted by Gasteiger charge is 2.09. The molecule has 0 atom stereocenters. The van der Waals surface area contributed by atoms with E-state index in [0.29, 0.717) is 25.2 Å². The van der Waals surface area contributed by atoms with Crippen LogP contribution in [-0.2, 0) is 4.79 Å². The lowest BCUT2D eigenvalue weighted by molar-refractivity contribution is -0.113. The summed E-state index contributed by atoms with van der Waals surface area (Å²) in [6.45, 7) is 0. The molecule has 1 N–H and O–H groups in total. The summed E-state index contributed by atoms with van der Waals surface area (Å²) in [5.74, 6) is 0.0497. The second-order valence-corrected chi connectivity index (χ2v) is 7.52. The van der Waals surface area contributed by atoms with E-state index < -0.39 is 0 Å². The summed E-state index contributed by atoms with van der Waals surface area (Å²) in [5, 5.41) is 12.0. The van der Waals surface area contributed by atoms with E-state index in [-0.39, 0.29) is 11.7 Å². The molecule has 1 aromatic heterocycles. The molecule has 1 aromatic carbocycles. The van der Waals surface area contributed by atoms with Crippen LogP contribution in [0.2, 0.25) is 10.0 Å². The van der Waals surface area contributed by atoms with Crippen molar-refractivity contribution in [2.24, 2.45) is 4.99 Å². The van der Waals surface area contributed by atoms with Crippen LogP contribution in [0.25, 0.3) is 0 Å². The van der Waals surface area contributed by atoms with Gasteiger partial charge in [-0.1, -0.05) is 46.3 Å². The SMILES string of the molecule is CN(C)C=Nc1nnc(SCC(=O)Nc2ccc(Cl)c(Cl)c2)s1. The summed E-state index contributed by atoms with van der Waals surface area (Å²) >= 11 is 14.4. The van der Waals surface area contributed by atoms with Gasteiger partial charge in [0.1, 0.15) is 0 Å². The zero-order chi connectivity index (χ0) is 16.8. The number of aliphatic imine (C=N–C) groups is 1. The summed E-state index contributed by atoms with van der Waals surface area (Å²) in [7, 11) is 3.74. The van der Waals surface area contributed by atoms with E-state index in [1.165, 1.54) is 23.1 Å². The molecule has 2 aromatic rings. The summed E-state index contributed by atoms with van der Waals surface area (Å²) in [6, 6.07) is 4.92. The second kappa shape index (κ2) is 8.49. The summed E-state index contributed by atoms with van der Waals surface area (Å²) in [4.78, 5) is 17.9. The molecular weight excluding hydrogens is 377 g/mol. The number of anilines is 1. The molecule has 0 aliphatic heterocycles. The molecule has 1 amide bonds. The fourth-order valence-corrected chi connectivity index (χ4v) is 3.15. The Bertz CT molecular complexity index is 720. The van der Waals surface area contributed by atoms with Gasteiger partial charge < -0.3 is 10.2 Å². The summed E-state index contributed by atoms with van der Waals surface area (Å²) in [6.07, 6.45) is 1.64. The standard InChI is InChI=1S/C13H13Cl2N5OS2/c1-20(2)7-16-12-18-19-13(23-12)22-6-11(21)17-8-3-4-9(14)10(15)5-8/h3-5,7H,6H2,1-2H3,(H,17,21). The van der Waals surface area contributed by atoms with Crippen molar-refractivity contribution in [3.63, 3.8) is 0 Å². The van der Waals surface area contributed by atoms with Crippen molar-refractivity contribution in [2.75, 3.05) is 25.2 Å². The van der Waals surface area contributed by atoms with Gasteiger partial charge in [0.25, 0.3) is 0 Å². The van der Waals surface area contributed by atoms with Crippen molar-refractivity contribution in [3.05, 3.63) is 28.2 Å². The van der Waals surface area contributed by atoms with Crippen LogP contribution in [0.5, 0.6) is 0 Å². The number of rotatable bonds is 6. The van der Waals surface area contributed by atoms with Gasteiger partial charge in [-0.3, -0.25) is 4.79 Å². The summed E-state index contributed by atoms with van der Waals surface area (Å²) in [5.41, 5.74) is 0.596. The number of nitrogens with zero attached hydrogens (tertiary/aromatic N) is 4. The molecule has 0 saturated heterocycles. The van der Waals surface area contributed by atoms with Crippen molar-refractivity contribution < 1.29 is 4.79 Å². The fraction of sp³-hybridized carbons (Fsp3) is 0.231. The molecule has 0 unspecified atom stereocenters. The van der Waals surface area contributed by atoms with Crippen molar-refractivity contribution in [1.82, 2.24) is 15.1 Å². The van der Waals surface area contributed by atoms with Crippen molar-refractivity contribution >= 4 is 69.4 Å². The highest BCUT2D eigenvalue weighted by Crippen LogP contribution is 2.28. The molecule has 23 heavy (non-hydrogen) atoms. The third kappa shape index (κ3) is 5.98. The van der Waals surface area contributed by atoms with Gasteiger partial charge >= 0.3 is 0 Å². The third-order valence-electron chi connectivity index (χ3n) is 2.33. The zero-order valence-electron chi connectivity index (χ0n) is 12.3. The van der Waals surface area contributed by atoms with Gasteiger partial charge in [0.05, 0.1) is 22.1 Å². The molecule has 0 bridgehead atoms. The van der Waals surface area contributed by atoms with E-state index in [9.17, 15) is 4.79 Å². The second-order valence-electron chi connectivity index (χ2n) is 4.52. The maximum absolute atomic E-state index is 11.9. The normalized spacial score (nSPS) is 11.0. The predicted octanol–water partition coefficient (Wildman–Crippen LogP) is 3.80. The van der Waals surface area contributed by atoms with Gasteiger partial charge in [-0.2, -0.15) is 0 Å². The molecule has 0 spiro atoms. The van der Waals surface area contributed by atoms with Crippen molar-refractivity contribution in [3.8, 4) is 0 Å². The Kier molecular flexibility index (Phi) is 6.64. The maximum atomic E-state index is 11.9. The van der Waals surface area contributed by atoms with Crippen LogP contribution in [0.4, 0.5) is 10.8 Å². The largest absolute Gasteiger partial charge is 0.369 e. The number of benzene rings is 1. The molecule has 0 radical (unpaired) electrons. The number of aromatic nitrogens is 2. The van der Waals surface area contributed by atoms with Gasteiger partial charge in [0.15, 0.2) is 4.34 Å². The molecule has 122 valence electrons. The van der Waals surface area contributed by atoms with Gasteiger partial charge in [-0.05, 0) is 18.2 Å². The topological polar surface area (TPSA) is 70.5 Å². The fourth-order valence-electron chi connectivity index (χ4n) is 1.38. The number of amides is 1. The van der Waals surface area contributed by atoms with Crippen LogP contribution in [0.1, 0.15) is 0 Å². The van der Waals surface area contributed by atoms with Crippen LogP contribution in [-0.4, -0.2) is 47.2 Å². The molecule has 10 heteroatoms. The molecule has 0 aliphatic rings. The molecule has 0 fully saturated rings. The quantitative estimate of drug-likeness (QED) is 0.462. The zero-order valence-corrected chi connectivity index (χ0v) is 15.4.